The molecule has 2 heterocycles. The zero-order valence-electron chi connectivity index (χ0n) is 9.22. The average molecular weight is 221 g/mol. The van der Waals surface area contributed by atoms with Crippen LogP contribution in [0.1, 0.15) is 41.0 Å². The zero-order chi connectivity index (χ0) is 10.1. The number of hydrogen-bond donors (Lipinski definition) is 1. The van der Waals surface area contributed by atoms with E-state index in [0.717, 1.165) is 6.04 Å². The molecule has 1 atom stereocenters. The molecule has 15 heavy (non-hydrogen) atoms. The minimum atomic E-state index is 0.769. The van der Waals surface area contributed by atoms with E-state index in [1.54, 1.807) is 15.3 Å². The summed E-state index contributed by atoms with van der Waals surface area (Å²) >= 11 is 2.08. The van der Waals surface area contributed by atoms with Crippen molar-refractivity contribution in [2.75, 3.05) is 6.54 Å². The summed E-state index contributed by atoms with van der Waals surface area (Å²) in [4.78, 5) is 3.32. The van der Waals surface area contributed by atoms with Crippen molar-refractivity contribution in [2.24, 2.45) is 0 Å². The van der Waals surface area contributed by atoms with Crippen LogP contribution in [0.15, 0.2) is 6.07 Å². The topological polar surface area (TPSA) is 12.0 Å². The molecule has 0 saturated carbocycles. The molecule has 1 aromatic rings. The molecular formula is C13H19NS. The summed E-state index contributed by atoms with van der Waals surface area (Å²) in [5, 5.41) is 3.59. The molecule has 1 aliphatic carbocycles. The second-order valence-corrected chi connectivity index (χ2v) is 6.09. The fourth-order valence-electron chi connectivity index (χ4n) is 2.83. The van der Waals surface area contributed by atoms with E-state index in [2.05, 4.69) is 22.7 Å². The van der Waals surface area contributed by atoms with E-state index in [9.17, 15) is 0 Å². The first kappa shape index (κ1) is 9.86. The van der Waals surface area contributed by atoms with Crippen LogP contribution in [-0.2, 0) is 19.3 Å². The molecule has 0 spiro atoms. The number of hydrogen-bond acceptors (Lipinski definition) is 2. The van der Waals surface area contributed by atoms with Crippen LogP contribution in [0.2, 0.25) is 0 Å². The standard InChI is InChI=1S/C13H19NS/c1-2-6-13-10(4-1)8-12(15-13)9-11-5-3-7-14-11/h8,11,14H,1-7,9H2. The van der Waals surface area contributed by atoms with Gasteiger partial charge in [0, 0.05) is 15.8 Å². The maximum absolute atomic E-state index is 3.59. The third-order valence-corrected chi connectivity index (χ3v) is 4.92. The van der Waals surface area contributed by atoms with Gasteiger partial charge in [0.15, 0.2) is 0 Å². The number of fused-ring (bicyclic) bond motifs is 1. The largest absolute Gasteiger partial charge is 0.314 e. The molecule has 0 amide bonds. The Morgan fingerprint density at radius 1 is 1.27 bits per heavy atom. The lowest BCUT2D eigenvalue weighted by Crippen LogP contribution is -2.23. The van der Waals surface area contributed by atoms with Gasteiger partial charge in [-0.3, -0.25) is 0 Å². The molecule has 0 bridgehead atoms. The van der Waals surface area contributed by atoms with Crippen LogP contribution in [0, 0.1) is 0 Å². The molecule has 3 rings (SSSR count). The summed E-state index contributed by atoms with van der Waals surface area (Å²) in [6.07, 6.45) is 9.53. The Hall–Kier alpha value is -0.340. The van der Waals surface area contributed by atoms with Crippen molar-refractivity contribution in [1.82, 2.24) is 5.32 Å². The lowest BCUT2D eigenvalue weighted by Gasteiger charge is -2.08. The van der Waals surface area contributed by atoms with E-state index in [0.29, 0.717) is 0 Å². The lowest BCUT2D eigenvalue weighted by molar-refractivity contribution is 0.607. The van der Waals surface area contributed by atoms with Gasteiger partial charge in [0.25, 0.3) is 0 Å². The van der Waals surface area contributed by atoms with Gasteiger partial charge in [-0.15, -0.1) is 11.3 Å². The van der Waals surface area contributed by atoms with Crippen LogP contribution in [0.5, 0.6) is 0 Å². The van der Waals surface area contributed by atoms with E-state index in [4.69, 9.17) is 0 Å². The maximum atomic E-state index is 3.59. The summed E-state index contributed by atoms with van der Waals surface area (Å²) in [6, 6.07) is 3.25. The molecule has 0 aromatic carbocycles. The first-order valence-corrected chi connectivity index (χ1v) is 7.07. The van der Waals surface area contributed by atoms with Crippen molar-refractivity contribution in [2.45, 2.75) is 51.0 Å². The van der Waals surface area contributed by atoms with Crippen molar-refractivity contribution in [3.05, 3.63) is 21.4 Å². The van der Waals surface area contributed by atoms with Crippen LogP contribution >= 0.6 is 11.3 Å². The first-order chi connectivity index (χ1) is 7.42. The Labute approximate surface area is 95.9 Å². The van der Waals surface area contributed by atoms with Gasteiger partial charge in [0.1, 0.15) is 0 Å². The molecule has 1 unspecified atom stereocenters. The summed E-state index contributed by atoms with van der Waals surface area (Å²) < 4.78 is 0. The van der Waals surface area contributed by atoms with Crippen LogP contribution in [0.3, 0.4) is 0 Å². The third kappa shape index (κ3) is 2.11. The molecule has 1 nitrogen and oxygen atoms in total. The molecule has 82 valence electrons. The Morgan fingerprint density at radius 3 is 3.00 bits per heavy atom. The van der Waals surface area contributed by atoms with Gasteiger partial charge in [0.05, 0.1) is 0 Å². The van der Waals surface area contributed by atoms with Gasteiger partial charge in [-0.2, -0.15) is 0 Å². The van der Waals surface area contributed by atoms with Gasteiger partial charge in [-0.05, 0) is 63.1 Å². The predicted molar refractivity (Wildman–Crippen MR) is 65.7 cm³/mol. The van der Waals surface area contributed by atoms with Crippen molar-refractivity contribution in [1.29, 1.82) is 0 Å². The minimum absolute atomic E-state index is 0.769. The maximum Gasteiger partial charge on any atom is 0.0116 e. The van der Waals surface area contributed by atoms with Crippen molar-refractivity contribution >= 4 is 11.3 Å². The van der Waals surface area contributed by atoms with E-state index in [1.807, 2.05) is 0 Å². The molecule has 2 heteroatoms. The first-order valence-electron chi connectivity index (χ1n) is 6.25. The SMILES string of the molecule is c1c(CC2CCCN2)sc2c1CCCC2. The fraction of sp³-hybridized carbons (Fsp3) is 0.692. The second kappa shape index (κ2) is 4.26. The van der Waals surface area contributed by atoms with E-state index >= 15 is 0 Å². The monoisotopic (exact) mass is 221 g/mol. The summed E-state index contributed by atoms with van der Waals surface area (Å²) in [5.74, 6) is 0. The highest BCUT2D eigenvalue weighted by Crippen LogP contribution is 2.30. The van der Waals surface area contributed by atoms with Crippen LogP contribution in [-0.4, -0.2) is 12.6 Å². The quantitative estimate of drug-likeness (QED) is 0.809. The highest BCUT2D eigenvalue weighted by molar-refractivity contribution is 7.12. The average Bonchev–Trinajstić information content (AvgIpc) is 2.86. The van der Waals surface area contributed by atoms with Crippen LogP contribution in [0.4, 0.5) is 0 Å². The third-order valence-electron chi connectivity index (χ3n) is 3.66. The summed E-state index contributed by atoms with van der Waals surface area (Å²) in [6.45, 7) is 1.23. The van der Waals surface area contributed by atoms with Gasteiger partial charge in [-0.1, -0.05) is 0 Å². The van der Waals surface area contributed by atoms with Gasteiger partial charge < -0.3 is 5.32 Å². The zero-order valence-corrected chi connectivity index (χ0v) is 10.0. The number of nitrogens with one attached hydrogen (secondary N) is 1. The second-order valence-electron chi connectivity index (χ2n) is 4.87. The van der Waals surface area contributed by atoms with Crippen molar-refractivity contribution < 1.29 is 0 Å². The van der Waals surface area contributed by atoms with Crippen LogP contribution in [0.25, 0.3) is 0 Å². The molecule has 1 N–H and O–H groups in total. The molecular weight excluding hydrogens is 202 g/mol. The molecule has 1 aliphatic heterocycles. The summed E-state index contributed by atoms with van der Waals surface area (Å²) in [5.41, 5.74) is 1.67. The fourth-order valence-corrected chi connectivity index (χ4v) is 4.17. The van der Waals surface area contributed by atoms with Gasteiger partial charge in [-0.25, -0.2) is 0 Å². The van der Waals surface area contributed by atoms with Crippen molar-refractivity contribution in [3.8, 4) is 0 Å². The molecule has 1 saturated heterocycles. The van der Waals surface area contributed by atoms with E-state index in [-0.39, 0.29) is 0 Å². The molecule has 2 aliphatic rings. The molecule has 1 fully saturated rings. The number of rotatable bonds is 2. The van der Waals surface area contributed by atoms with E-state index < -0.39 is 0 Å². The minimum Gasteiger partial charge on any atom is -0.314 e. The Balaban J connectivity index is 1.72. The Morgan fingerprint density at radius 2 is 2.20 bits per heavy atom. The predicted octanol–water partition coefficient (Wildman–Crippen LogP) is 2.92. The van der Waals surface area contributed by atoms with E-state index in [1.165, 1.54) is 51.5 Å². The number of aryl methyl sites for hydroxylation is 2. The normalized spacial score (nSPS) is 25.5. The lowest BCUT2D eigenvalue weighted by atomic mass is 9.99. The molecule has 1 aromatic heterocycles. The highest BCUT2D eigenvalue weighted by atomic mass is 32.1. The molecule has 0 radical (unpaired) electrons. The number of thiophene rings is 1. The Kier molecular flexibility index (Phi) is 2.80. The summed E-state index contributed by atoms with van der Waals surface area (Å²) in [7, 11) is 0. The smallest absolute Gasteiger partial charge is 0.0116 e. The Bertz CT molecular complexity index is 313. The van der Waals surface area contributed by atoms with Crippen LogP contribution < -0.4 is 5.32 Å². The van der Waals surface area contributed by atoms with Gasteiger partial charge in [0.2, 0.25) is 0 Å². The van der Waals surface area contributed by atoms with Gasteiger partial charge >= 0.3 is 0 Å². The highest BCUT2D eigenvalue weighted by Gasteiger charge is 2.18. The van der Waals surface area contributed by atoms with Crippen molar-refractivity contribution in [3.63, 3.8) is 0 Å².